The minimum Gasteiger partial charge on any atom is -0.484 e. The zero-order valence-corrected chi connectivity index (χ0v) is 17.1. The highest BCUT2D eigenvalue weighted by atomic mass is 16.5. The number of nitrogens with two attached hydrogens (primary N) is 1. The van der Waals surface area contributed by atoms with E-state index < -0.39 is 0 Å². The quantitative estimate of drug-likeness (QED) is 0.517. The lowest BCUT2D eigenvalue weighted by Crippen LogP contribution is -2.23. The molecule has 0 saturated heterocycles. The van der Waals surface area contributed by atoms with Crippen molar-refractivity contribution >= 4 is 11.8 Å². The van der Waals surface area contributed by atoms with E-state index in [4.69, 9.17) is 10.5 Å². The van der Waals surface area contributed by atoms with Gasteiger partial charge in [-0.3, -0.25) is 0 Å². The molecular weight excluding hydrogens is 364 g/mol. The van der Waals surface area contributed by atoms with E-state index in [-0.39, 0.29) is 18.6 Å². The van der Waals surface area contributed by atoms with Crippen molar-refractivity contribution in [2.45, 2.75) is 45.1 Å². The molecule has 4 N–H and O–H groups in total. The molecule has 6 heteroatoms. The summed E-state index contributed by atoms with van der Waals surface area (Å²) in [5.74, 6) is 2.08. The van der Waals surface area contributed by atoms with Crippen molar-refractivity contribution in [2.75, 3.05) is 24.3 Å². The Balaban J connectivity index is 1.71. The number of anilines is 2. The Hall–Kier alpha value is -2.60. The fraction of sp³-hybridized carbons (Fsp3) is 0.478. The highest BCUT2D eigenvalue weighted by Crippen LogP contribution is 2.32. The van der Waals surface area contributed by atoms with Gasteiger partial charge >= 0.3 is 0 Å². The van der Waals surface area contributed by atoms with Gasteiger partial charge in [-0.2, -0.15) is 4.98 Å². The molecule has 1 aromatic heterocycles. The number of rotatable bonds is 10. The first-order valence-electron chi connectivity index (χ1n) is 10.5. The highest BCUT2D eigenvalue weighted by molar-refractivity contribution is 5.52. The molecule has 1 heterocycles. The molecule has 6 nitrogen and oxygen atoms in total. The minimum atomic E-state index is 0.119. The molecule has 0 radical (unpaired) electrons. The summed E-state index contributed by atoms with van der Waals surface area (Å²) < 4.78 is 6.16. The van der Waals surface area contributed by atoms with Crippen molar-refractivity contribution in [1.29, 1.82) is 0 Å². The molecule has 0 aliphatic heterocycles. The van der Waals surface area contributed by atoms with Crippen LogP contribution in [0.3, 0.4) is 0 Å². The van der Waals surface area contributed by atoms with Gasteiger partial charge in [0.15, 0.2) is 11.6 Å². The van der Waals surface area contributed by atoms with Gasteiger partial charge in [0.25, 0.3) is 0 Å². The van der Waals surface area contributed by atoms with E-state index in [0.717, 1.165) is 25.7 Å². The molecular formula is C23H32N4O2. The molecule has 3 atom stereocenters. The lowest BCUT2D eigenvalue weighted by Gasteiger charge is -2.24. The smallest absolute Gasteiger partial charge is 0.222 e. The van der Waals surface area contributed by atoms with Crippen LogP contribution in [-0.2, 0) is 0 Å². The standard InChI is InChI=1S/C23H32N4O2/c1-2-3-11-19(13-14-28)26-22-21(15-25-23(24)27-22)29-16-18-10-5-4-8-17-9-6-7-12-20(17)18/h4,6-10,12,15,17,19-20,28H,2-3,5,11,13-14,16H2,1H3,(H3,24,25,26,27)/t17?,19-,20?/m0/s1. The summed E-state index contributed by atoms with van der Waals surface area (Å²) in [5, 5.41) is 12.8. The third kappa shape index (κ3) is 5.94. The molecule has 2 unspecified atom stereocenters. The Morgan fingerprint density at radius 1 is 1.28 bits per heavy atom. The Morgan fingerprint density at radius 2 is 2.14 bits per heavy atom. The summed E-state index contributed by atoms with van der Waals surface area (Å²) in [6.07, 6.45) is 21.7. The number of fused-ring (bicyclic) bond motifs is 1. The first kappa shape index (κ1) is 21.1. The first-order valence-corrected chi connectivity index (χ1v) is 10.5. The molecule has 0 aromatic carbocycles. The van der Waals surface area contributed by atoms with Crippen LogP contribution in [0.15, 0.2) is 54.3 Å². The average molecular weight is 397 g/mol. The predicted molar refractivity (Wildman–Crippen MR) is 118 cm³/mol. The van der Waals surface area contributed by atoms with Crippen LogP contribution in [0.4, 0.5) is 11.8 Å². The molecule has 3 rings (SSSR count). The van der Waals surface area contributed by atoms with Crippen molar-refractivity contribution in [2.24, 2.45) is 11.8 Å². The molecule has 156 valence electrons. The predicted octanol–water partition coefficient (Wildman–Crippen LogP) is 4.04. The van der Waals surface area contributed by atoms with Gasteiger partial charge in [0, 0.05) is 24.5 Å². The van der Waals surface area contributed by atoms with Gasteiger partial charge in [0.1, 0.15) is 6.61 Å². The Morgan fingerprint density at radius 3 is 2.97 bits per heavy atom. The van der Waals surface area contributed by atoms with Gasteiger partial charge in [0.05, 0.1) is 6.20 Å². The molecule has 0 bridgehead atoms. The van der Waals surface area contributed by atoms with Crippen molar-refractivity contribution in [1.82, 2.24) is 9.97 Å². The number of aromatic nitrogens is 2. The minimum absolute atomic E-state index is 0.119. The van der Waals surface area contributed by atoms with Gasteiger partial charge < -0.3 is 20.9 Å². The summed E-state index contributed by atoms with van der Waals surface area (Å²) in [7, 11) is 0. The summed E-state index contributed by atoms with van der Waals surface area (Å²) in [6, 6.07) is 0.119. The molecule has 2 aliphatic rings. The number of hydrogen-bond acceptors (Lipinski definition) is 6. The molecule has 1 aromatic rings. The van der Waals surface area contributed by atoms with E-state index in [1.165, 1.54) is 5.57 Å². The van der Waals surface area contributed by atoms with Crippen LogP contribution in [-0.4, -0.2) is 34.3 Å². The summed E-state index contributed by atoms with van der Waals surface area (Å²) >= 11 is 0. The van der Waals surface area contributed by atoms with Crippen molar-refractivity contribution < 1.29 is 9.84 Å². The number of nitrogens with one attached hydrogen (secondary N) is 1. The van der Waals surface area contributed by atoms with Crippen LogP contribution in [0.1, 0.15) is 39.0 Å². The van der Waals surface area contributed by atoms with Crippen molar-refractivity contribution in [3.05, 3.63) is 54.3 Å². The lowest BCUT2D eigenvalue weighted by atomic mass is 9.83. The third-order valence-corrected chi connectivity index (χ3v) is 5.37. The van der Waals surface area contributed by atoms with Crippen LogP contribution in [0.5, 0.6) is 5.75 Å². The van der Waals surface area contributed by atoms with Crippen LogP contribution < -0.4 is 15.8 Å². The summed E-state index contributed by atoms with van der Waals surface area (Å²) in [6.45, 7) is 2.76. The second kappa shape index (κ2) is 10.8. The van der Waals surface area contributed by atoms with E-state index >= 15 is 0 Å². The zero-order valence-electron chi connectivity index (χ0n) is 17.1. The van der Waals surface area contributed by atoms with Gasteiger partial charge in [0.2, 0.25) is 5.95 Å². The molecule has 0 amide bonds. The summed E-state index contributed by atoms with van der Waals surface area (Å²) in [5.41, 5.74) is 7.07. The maximum absolute atomic E-state index is 9.39. The van der Waals surface area contributed by atoms with Crippen LogP contribution in [0, 0.1) is 11.8 Å². The number of allylic oxidation sites excluding steroid dienone is 7. The number of ether oxygens (including phenoxy) is 1. The van der Waals surface area contributed by atoms with E-state index in [2.05, 4.69) is 64.7 Å². The molecule has 0 fully saturated rings. The number of unbranched alkanes of at least 4 members (excludes halogenated alkanes) is 1. The van der Waals surface area contributed by atoms with Gasteiger partial charge in [-0.25, -0.2) is 4.98 Å². The molecule has 29 heavy (non-hydrogen) atoms. The molecule has 0 spiro atoms. The monoisotopic (exact) mass is 396 g/mol. The molecule has 2 aliphatic carbocycles. The van der Waals surface area contributed by atoms with Crippen molar-refractivity contribution in [3.63, 3.8) is 0 Å². The third-order valence-electron chi connectivity index (χ3n) is 5.37. The van der Waals surface area contributed by atoms with E-state index in [9.17, 15) is 5.11 Å². The fourth-order valence-corrected chi connectivity index (χ4v) is 3.77. The number of hydrogen-bond donors (Lipinski definition) is 3. The van der Waals surface area contributed by atoms with Gasteiger partial charge in [-0.1, -0.05) is 62.3 Å². The SMILES string of the molecule is CCCC[C@@H](CCO)Nc1nc(N)ncc1OCC1=CCC=CC2C=CC=CC12. The second-order valence-corrected chi connectivity index (χ2v) is 7.54. The average Bonchev–Trinajstić information content (AvgIpc) is 2.94. The maximum Gasteiger partial charge on any atom is 0.222 e. The highest BCUT2D eigenvalue weighted by Gasteiger charge is 2.23. The number of aliphatic hydroxyl groups is 1. The number of aliphatic hydroxyl groups excluding tert-OH is 1. The second-order valence-electron chi connectivity index (χ2n) is 7.54. The number of nitrogens with zero attached hydrogens (tertiary/aromatic N) is 2. The van der Waals surface area contributed by atoms with Crippen LogP contribution >= 0.6 is 0 Å². The van der Waals surface area contributed by atoms with Crippen molar-refractivity contribution in [3.8, 4) is 5.75 Å². The van der Waals surface area contributed by atoms with E-state index in [1.54, 1.807) is 6.20 Å². The van der Waals surface area contributed by atoms with Gasteiger partial charge in [-0.05, 0) is 24.8 Å². The zero-order chi connectivity index (χ0) is 20.5. The largest absolute Gasteiger partial charge is 0.484 e. The maximum atomic E-state index is 9.39. The topological polar surface area (TPSA) is 93.3 Å². The Labute approximate surface area is 173 Å². The normalized spacial score (nSPS) is 21.2. The van der Waals surface area contributed by atoms with E-state index in [0.29, 0.717) is 36.4 Å². The Kier molecular flexibility index (Phi) is 7.87. The lowest BCUT2D eigenvalue weighted by molar-refractivity contribution is 0.275. The van der Waals surface area contributed by atoms with Crippen LogP contribution in [0.2, 0.25) is 0 Å². The van der Waals surface area contributed by atoms with Crippen LogP contribution in [0.25, 0.3) is 0 Å². The fourth-order valence-electron chi connectivity index (χ4n) is 3.77. The molecule has 0 saturated carbocycles. The van der Waals surface area contributed by atoms with Gasteiger partial charge in [-0.15, -0.1) is 0 Å². The summed E-state index contributed by atoms with van der Waals surface area (Å²) in [4.78, 5) is 8.47. The van der Waals surface area contributed by atoms with E-state index in [1.807, 2.05) is 0 Å². The number of nitrogen functional groups attached to an aromatic ring is 1. The Bertz CT molecular complexity index is 785. The first-order chi connectivity index (χ1) is 14.2.